The second-order valence-corrected chi connectivity index (χ2v) is 13.5. The SMILES string of the molecule is Cc1c(N)cnc(C(F)(F)F)c1-c1ncc2c(N3C[C@H]4CC[C@@H](C3)N4)nc(OC[C@@]34CCCN3C[C@@]3(CC3(F)F)C4)nc2c1F. The van der Waals surface area contributed by atoms with Crippen molar-refractivity contribution in [1.82, 2.24) is 30.2 Å². The van der Waals surface area contributed by atoms with Crippen LogP contribution < -0.4 is 20.7 Å². The summed E-state index contributed by atoms with van der Waals surface area (Å²) in [5, 5.41) is 3.76. The molecule has 4 aliphatic heterocycles. The minimum atomic E-state index is -4.90. The zero-order valence-electron chi connectivity index (χ0n) is 24.5. The molecule has 240 valence electrons. The van der Waals surface area contributed by atoms with Gasteiger partial charge in [0, 0.05) is 49.9 Å². The molecule has 3 aromatic heterocycles. The van der Waals surface area contributed by atoms with E-state index in [1.165, 1.54) is 13.1 Å². The average Bonchev–Trinajstić information content (AvgIpc) is 3.31. The maximum Gasteiger partial charge on any atom is 0.434 e. The molecule has 3 N–H and O–H groups in total. The summed E-state index contributed by atoms with van der Waals surface area (Å²) in [6.45, 7) is 3.55. The van der Waals surface area contributed by atoms with Crippen LogP contribution in [0.2, 0.25) is 0 Å². The van der Waals surface area contributed by atoms with Crippen molar-refractivity contribution in [3.8, 4) is 17.3 Å². The second kappa shape index (κ2) is 9.53. The van der Waals surface area contributed by atoms with Crippen LogP contribution in [0.3, 0.4) is 0 Å². The van der Waals surface area contributed by atoms with Crippen molar-refractivity contribution in [2.45, 2.75) is 75.2 Å². The first kappa shape index (κ1) is 29.0. The Morgan fingerprint density at radius 1 is 1.09 bits per heavy atom. The van der Waals surface area contributed by atoms with Gasteiger partial charge in [0.25, 0.3) is 5.92 Å². The summed E-state index contributed by atoms with van der Waals surface area (Å²) in [4.78, 5) is 20.8. The fourth-order valence-corrected chi connectivity index (χ4v) is 8.24. The number of pyridine rings is 2. The van der Waals surface area contributed by atoms with E-state index in [1.807, 2.05) is 4.90 Å². The second-order valence-electron chi connectivity index (χ2n) is 13.5. The van der Waals surface area contributed by atoms with Gasteiger partial charge in [-0.3, -0.25) is 9.88 Å². The van der Waals surface area contributed by atoms with Crippen LogP contribution in [0.25, 0.3) is 22.2 Å². The molecular formula is C30H32F6N8O. The third-order valence-electron chi connectivity index (χ3n) is 10.6. The number of piperazine rings is 1. The number of aromatic nitrogens is 4. The van der Waals surface area contributed by atoms with E-state index in [4.69, 9.17) is 10.5 Å². The molecule has 7 heterocycles. The van der Waals surface area contributed by atoms with E-state index in [2.05, 4.69) is 30.2 Å². The quantitative estimate of drug-likeness (QED) is 0.386. The fourth-order valence-electron chi connectivity index (χ4n) is 8.24. The Morgan fingerprint density at radius 3 is 2.51 bits per heavy atom. The molecule has 0 amide bonds. The summed E-state index contributed by atoms with van der Waals surface area (Å²) >= 11 is 0. The van der Waals surface area contributed by atoms with Gasteiger partial charge in [0.1, 0.15) is 23.6 Å². The van der Waals surface area contributed by atoms with Gasteiger partial charge in [-0.15, -0.1) is 0 Å². The van der Waals surface area contributed by atoms with Gasteiger partial charge in [0.2, 0.25) is 0 Å². The highest BCUT2D eigenvalue weighted by Crippen LogP contribution is 2.69. The van der Waals surface area contributed by atoms with Crippen molar-refractivity contribution in [2.75, 3.05) is 43.4 Å². The van der Waals surface area contributed by atoms with E-state index in [9.17, 15) is 22.0 Å². The minimum absolute atomic E-state index is 0.0139. The molecule has 4 atom stereocenters. The van der Waals surface area contributed by atoms with Crippen LogP contribution in [0.1, 0.15) is 49.8 Å². The van der Waals surface area contributed by atoms with E-state index in [0.29, 0.717) is 44.8 Å². The number of hydrogen-bond acceptors (Lipinski definition) is 9. The number of hydrogen-bond donors (Lipinski definition) is 2. The summed E-state index contributed by atoms with van der Waals surface area (Å²) in [7, 11) is 0. The highest BCUT2D eigenvalue weighted by molar-refractivity contribution is 5.92. The molecule has 4 saturated heterocycles. The summed E-state index contributed by atoms with van der Waals surface area (Å²) in [6, 6.07) is 0.237. The number of ether oxygens (including phenoxy) is 1. The van der Waals surface area contributed by atoms with Crippen molar-refractivity contribution in [2.24, 2.45) is 5.41 Å². The van der Waals surface area contributed by atoms with Crippen LogP contribution in [-0.4, -0.2) is 81.2 Å². The van der Waals surface area contributed by atoms with Crippen molar-refractivity contribution < 1.29 is 31.1 Å². The molecule has 0 unspecified atom stereocenters. The number of nitrogens with one attached hydrogen (secondary N) is 1. The molecule has 1 saturated carbocycles. The van der Waals surface area contributed by atoms with Crippen molar-refractivity contribution in [3.05, 3.63) is 29.5 Å². The third-order valence-corrected chi connectivity index (χ3v) is 10.6. The smallest absolute Gasteiger partial charge is 0.434 e. The molecule has 15 heteroatoms. The Balaban J connectivity index is 1.22. The van der Waals surface area contributed by atoms with Gasteiger partial charge in [-0.25, -0.2) is 18.2 Å². The van der Waals surface area contributed by atoms with Gasteiger partial charge in [-0.1, -0.05) is 0 Å². The van der Waals surface area contributed by atoms with Crippen LogP contribution in [0.15, 0.2) is 12.4 Å². The zero-order chi connectivity index (χ0) is 31.5. The normalized spacial score (nSPS) is 30.4. The van der Waals surface area contributed by atoms with E-state index in [-0.39, 0.29) is 53.3 Å². The number of halogens is 6. The Kier molecular flexibility index (Phi) is 6.14. The minimum Gasteiger partial charge on any atom is -0.461 e. The van der Waals surface area contributed by atoms with Crippen LogP contribution in [0.4, 0.5) is 37.8 Å². The molecule has 3 aromatic rings. The summed E-state index contributed by atoms with van der Waals surface area (Å²) in [5.74, 6) is -3.42. The molecule has 1 aliphatic carbocycles. The number of fused-ring (bicyclic) bond motifs is 4. The molecule has 45 heavy (non-hydrogen) atoms. The lowest BCUT2D eigenvalue weighted by molar-refractivity contribution is -0.140. The lowest BCUT2D eigenvalue weighted by atomic mass is 9.89. The number of alkyl halides is 5. The first-order chi connectivity index (χ1) is 21.3. The van der Waals surface area contributed by atoms with Crippen molar-refractivity contribution >= 4 is 22.4 Å². The molecule has 2 bridgehead atoms. The largest absolute Gasteiger partial charge is 0.461 e. The Hall–Kier alpha value is -3.46. The van der Waals surface area contributed by atoms with Crippen LogP contribution in [0.5, 0.6) is 6.01 Å². The standard InChI is InChI=1S/C30H32F6N8O/c1-15-19(37)8-39-24(30(34,35)36)20(15)23-21(31)22-18(7-38-23)25(43-9-16-3-4-17(10-43)40-16)42-26(41-22)45-14-28-5-2-6-44(28)13-27(11-28)12-29(27,32)33/h7-8,16-17,40H,2-6,9-14,37H2,1H3/t16-,17+,27-,28-/m0/s1. The summed E-state index contributed by atoms with van der Waals surface area (Å²) in [6.07, 6.45) is 0.889. The molecule has 5 fully saturated rings. The van der Waals surface area contributed by atoms with E-state index in [1.54, 1.807) is 0 Å². The predicted molar refractivity (Wildman–Crippen MR) is 152 cm³/mol. The van der Waals surface area contributed by atoms with E-state index >= 15 is 4.39 Å². The predicted octanol–water partition coefficient (Wildman–Crippen LogP) is 4.72. The van der Waals surface area contributed by atoms with Gasteiger partial charge in [-0.2, -0.15) is 23.1 Å². The fraction of sp³-hybridized carbons (Fsp3) is 0.600. The molecule has 8 rings (SSSR count). The lowest BCUT2D eigenvalue weighted by Gasteiger charge is -2.34. The number of nitrogens with zero attached hydrogens (tertiary/aromatic N) is 6. The van der Waals surface area contributed by atoms with Crippen LogP contribution in [-0.2, 0) is 6.18 Å². The molecule has 9 nitrogen and oxygen atoms in total. The van der Waals surface area contributed by atoms with Gasteiger partial charge in [0.15, 0.2) is 11.5 Å². The molecule has 1 spiro atoms. The number of anilines is 2. The van der Waals surface area contributed by atoms with Gasteiger partial charge in [-0.05, 0) is 51.1 Å². The maximum absolute atomic E-state index is 16.5. The Morgan fingerprint density at radius 2 is 1.82 bits per heavy atom. The highest BCUT2D eigenvalue weighted by Gasteiger charge is 2.77. The average molecular weight is 635 g/mol. The maximum atomic E-state index is 16.5. The van der Waals surface area contributed by atoms with Crippen LogP contribution >= 0.6 is 0 Å². The van der Waals surface area contributed by atoms with Crippen molar-refractivity contribution in [3.63, 3.8) is 0 Å². The summed E-state index contributed by atoms with van der Waals surface area (Å²) < 4.78 is 93.6. The van der Waals surface area contributed by atoms with Gasteiger partial charge < -0.3 is 20.7 Å². The summed E-state index contributed by atoms with van der Waals surface area (Å²) in [5.41, 5.74) is 1.48. The first-order valence-corrected chi connectivity index (χ1v) is 15.2. The van der Waals surface area contributed by atoms with E-state index < -0.39 is 45.8 Å². The van der Waals surface area contributed by atoms with E-state index in [0.717, 1.165) is 25.5 Å². The number of rotatable bonds is 5. The van der Waals surface area contributed by atoms with Gasteiger partial charge >= 0.3 is 12.2 Å². The van der Waals surface area contributed by atoms with Crippen molar-refractivity contribution in [1.29, 1.82) is 0 Å². The Bertz CT molecular complexity index is 1710. The molecule has 0 radical (unpaired) electrons. The number of nitrogens with two attached hydrogens (primary N) is 1. The molecule has 0 aromatic carbocycles. The Labute approximate surface area is 254 Å². The zero-order valence-corrected chi connectivity index (χ0v) is 24.5. The molecular weight excluding hydrogens is 602 g/mol. The topological polar surface area (TPSA) is 105 Å². The third kappa shape index (κ3) is 4.43. The molecule has 5 aliphatic rings. The van der Waals surface area contributed by atoms with Crippen LogP contribution in [0, 0.1) is 18.2 Å². The monoisotopic (exact) mass is 634 g/mol. The number of nitrogen functional groups attached to an aromatic ring is 1. The lowest BCUT2D eigenvalue weighted by Crippen LogP contribution is -2.51. The van der Waals surface area contributed by atoms with Gasteiger partial charge in [0.05, 0.1) is 28.2 Å². The first-order valence-electron chi connectivity index (χ1n) is 15.2. The highest BCUT2D eigenvalue weighted by atomic mass is 19.4.